The molecule has 13 atom stereocenters. The molecule has 0 radical (unpaired) electrons. The zero-order valence-corrected chi connectivity index (χ0v) is 54.7. The van der Waals surface area contributed by atoms with Crippen molar-refractivity contribution in [3.63, 3.8) is 0 Å². The summed E-state index contributed by atoms with van der Waals surface area (Å²) in [4.78, 5) is 103. The summed E-state index contributed by atoms with van der Waals surface area (Å²) < 4.78 is 13.5. The average Bonchev–Trinajstić information content (AvgIpc) is 1.51. The van der Waals surface area contributed by atoms with E-state index in [9.17, 15) is 59.7 Å². The fraction of sp³-hybridized carbons (Fsp3) is 0.493. The van der Waals surface area contributed by atoms with Crippen LogP contribution in [0.15, 0.2) is 88.9 Å². The van der Waals surface area contributed by atoms with Gasteiger partial charge in [0.1, 0.15) is 29.4 Å². The molecular formula is C67H82N10O17S. The molecule has 13 N–H and O–H groups in total. The predicted molar refractivity (Wildman–Crippen MR) is 348 cm³/mol. The van der Waals surface area contributed by atoms with Crippen LogP contribution in [-0.2, 0) is 55.5 Å². The summed E-state index contributed by atoms with van der Waals surface area (Å²) in [6.45, 7) is 8.39. The summed E-state index contributed by atoms with van der Waals surface area (Å²) in [5.41, 5.74) is 0.549. The van der Waals surface area contributed by atoms with Crippen molar-refractivity contribution in [1.29, 1.82) is 0 Å². The molecule has 27 nitrogen and oxygen atoms in total. The number of aromatic amines is 1. The number of hydrogen-bond acceptors (Lipinski definition) is 20. The van der Waals surface area contributed by atoms with Crippen molar-refractivity contribution in [3.05, 3.63) is 107 Å². The van der Waals surface area contributed by atoms with Gasteiger partial charge in [0.15, 0.2) is 11.5 Å². The molecule has 508 valence electrons. The molecule has 5 aliphatic heterocycles. The molecule has 1 spiro atoms. The van der Waals surface area contributed by atoms with E-state index in [0.29, 0.717) is 93.1 Å². The lowest BCUT2D eigenvalue weighted by Crippen LogP contribution is -2.81. The Morgan fingerprint density at radius 1 is 0.853 bits per heavy atom. The molecule has 95 heavy (non-hydrogen) atoms. The normalized spacial score (nSPS) is 28.5. The lowest BCUT2D eigenvalue weighted by atomic mass is 9.47. The molecule has 11 rings (SSSR count). The number of ether oxygens (including phenoxy) is 2. The number of amides is 3. The van der Waals surface area contributed by atoms with E-state index in [2.05, 4.69) is 47.3 Å². The summed E-state index contributed by atoms with van der Waals surface area (Å²) in [5.74, 6) is -9.44. The van der Waals surface area contributed by atoms with Crippen LogP contribution in [0.25, 0.3) is 16.6 Å². The zero-order valence-electron chi connectivity index (χ0n) is 53.8. The summed E-state index contributed by atoms with van der Waals surface area (Å²) in [5, 5.41) is 103. The fourth-order valence-corrected chi connectivity index (χ4v) is 17.8. The van der Waals surface area contributed by atoms with E-state index >= 15 is 9.59 Å². The largest absolute Gasteiger partial charge is 0.496 e. The highest BCUT2D eigenvalue weighted by atomic mass is 32.2. The number of fused-ring (bicyclic) bond motifs is 6. The number of nitrogens with one attached hydrogen (secondary N) is 5. The van der Waals surface area contributed by atoms with Crippen LogP contribution in [0.3, 0.4) is 0 Å². The van der Waals surface area contributed by atoms with Crippen LogP contribution in [-0.4, -0.2) is 222 Å². The molecule has 1 unspecified atom stereocenters. The number of carbonyl (C=O) groups is 7. The maximum atomic E-state index is 15.6. The van der Waals surface area contributed by atoms with E-state index in [1.54, 1.807) is 33.2 Å². The van der Waals surface area contributed by atoms with Gasteiger partial charge in [0.05, 0.1) is 61.0 Å². The zero-order chi connectivity index (χ0) is 68.4. The number of thioether (sulfide) groups is 1. The second kappa shape index (κ2) is 25.9. The monoisotopic (exact) mass is 1330 g/mol. The summed E-state index contributed by atoms with van der Waals surface area (Å²) in [6.07, 6.45) is 3.09. The van der Waals surface area contributed by atoms with Gasteiger partial charge in [-0.3, -0.25) is 43.1 Å². The highest BCUT2D eigenvalue weighted by Crippen LogP contribution is 2.68. The number of aromatic hydroxyl groups is 2. The maximum absolute atomic E-state index is 15.6. The predicted octanol–water partition coefficient (Wildman–Crippen LogP) is 2.67. The Kier molecular flexibility index (Phi) is 18.5. The molecular weight excluding hydrogens is 1250 g/mol. The van der Waals surface area contributed by atoms with Crippen LogP contribution in [0.4, 0.5) is 5.69 Å². The Bertz CT molecular complexity index is 3950. The molecule has 7 heterocycles. The van der Waals surface area contributed by atoms with Gasteiger partial charge in [0, 0.05) is 95.8 Å². The number of piperidine rings is 1. The van der Waals surface area contributed by atoms with Gasteiger partial charge in [0.25, 0.3) is 5.91 Å². The highest BCUT2D eigenvalue weighted by Gasteiger charge is 2.79. The third kappa shape index (κ3) is 11.3. The second-order valence-corrected chi connectivity index (χ2v) is 27.2. The summed E-state index contributed by atoms with van der Waals surface area (Å²) in [6, 6.07) is 12.8. The first-order valence-electron chi connectivity index (χ1n) is 31.8. The van der Waals surface area contributed by atoms with Crippen LogP contribution >= 0.6 is 11.8 Å². The number of para-hydroxylation sites is 1. The van der Waals surface area contributed by atoms with E-state index in [0.717, 1.165) is 44.4 Å². The number of H-pyrrole nitrogens is 1. The highest BCUT2D eigenvalue weighted by molar-refractivity contribution is 7.99. The van der Waals surface area contributed by atoms with E-state index in [1.165, 1.54) is 26.3 Å². The Morgan fingerprint density at radius 3 is 2.21 bits per heavy atom. The van der Waals surface area contributed by atoms with Gasteiger partial charge >= 0.3 is 23.9 Å². The number of aliphatic carboxylic acids is 3. The fourth-order valence-electron chi connectivity index (χ4n) is 16.8. The van der Waals surface area contributed by atoms with Crippen molar-refractivity contribution in [2.45, 2.75) is 135 Å². The van der Waals surface area contributed by atoms with Crippen LogP contribution < -0.4 is 31.0 Å². The number of esters is 1. The minimum atomic E-state index is -2.58. The first-order chi connectivity index (χ1) is 45.2. The lowest BCUT2D eigenvalue weighted by Gasteiger charge is -2.63. The lowest BCUT2D eigenvalue weighted by molar-refractivity contribution is -0.203. The summed E-state index contributed by atoms with van der Waals surface area (Å²) >= 11 is 0.721. The maximum Gasteiger partial charge on any atom is 0.327 e. The van der Waals surface area contributed by atoms with Gasteiger partial charge in [0.2, 0.25) is 17.7 Å². The van der Waals surface area contributed by atoms with Crippen LogP contribution in [0, 0.1) is 11.3 Å². The quantitative estimate of drug-likeness (QED) is 0.0156. The molecule has 1 saturated carbocycles. The van der Waals surface area contributed by atoms with Crippen molar-refractivity contribution in [3.8, 4) is 23.2 Å². The molecule has 2 aromatic heterocycles. The van der Waals surface area contributed by atoms with E-state index in [4.69, 9.17) is 14.6 Å². The van der Waals surface area contributed by atoms with E-state index in [-0.39, 0.29) is 28.6 Å². The number of aliphatic hydroxyl groups excluding tert-OH is 1. The van der Waals surface area contributed by atoms with Crippen molar-refractivity contribution >= 4 is 75.7 Å². The number of rotatable bonds is 22. The Balaban J connectivity index is 0.895. The van der Waals surface area contributed by atoms with Crippen LogP contribution in [0.1, 0.15) is 93.7 Å². The van der Waals surface area contributed by atoms with Gasteiger partial charge < -0.3 is 76.2 Å². The Hall–Kier alpha value is -8.51. The SMILES string of the molecule is CC[C@]1(O)C[C@H]2CN(CCc3c([nH]c4ccccc34)[C@@](C(=O)OC)(c3cc4c(cc3OC)N(C)[C@H]3[C@@](O)(C(=O)NN=C(C)c5ccc(-n6c(O)cc(SC[C@H](NC(=O)[C@H](CC(=O)O)NC(=O)[C@H](CC(=O)O)NC)C(=O)O)c6O)cc5)[C@H](O)[C@]5(CC)C=CCN6CC[C@]43[C@@H]65)C2)C1. The van der Waals surface area contributed by atoms with Crippen molar-refractivity contribution in [2.24, 2.45) is 16.4 Å². The van der Waals surface area contributed by atoms with E-state index < -0.39 is 136 Å². The number of aromatic nitrogens is 2. The molecule has 3 aromatic carbocycles. The molecule has 3 fully saturated rings. The number of aliphatic hydroxyl groups is 3. The second-order valence-electron chi connectivity index (χ2n) is 26.1. The number of hydrogen-bond donors (Lipinski definition) is 13. The van der Waals surface area contributed by atoms with Gasteiger partial charge in [-0.1, -0.05) is 56.3 Å². The number of methoxy groups -OCH3 is 2. The molecule has 2 bridgehead atoms. The van der Waals surface area contributed by atoms with Gasteiger partial charge in [-0.05, 0) is 106 Å². The molecule has 2 saturated heterocycles. The number of likely N-dealkylation sites (N-methyl/N-ethyl adjacent to an activating group) is 2. The Morgan fingerprint density at radius 2 is 1.55 bits per heavy atom. The van der Waals surface area contributed by atoms with Crippen molar-refractivity contribution in [1.82, 2.24) is 40.7 Å². The van der Waals surface area contributed by atoms with Crippen LogP contribution in [0.5, 0.6) is 17.5 Å². The standard InChI is InChI=1S/C67H82N10O17S/c1-8-63(91)30-36-31-66(62(90)94-7,53-40(19-23-75(32-36)34-63)39-13-10-11-14-43(39)69-53)42-25-41-47(28-48(42)93-6)74(5)59-65(41)21-24-76-22-12-20-64(9-2,58(65)76)60(88)67(59,92)61(89)73-72-35(3)37-15-17-38(18-16-37)77-50(78)29-49(56(77)85)95-33-46(57(86)87)71-55(84)45(27-52(81)82)70-54(83)44(68-4)26-51(79)80/h10-18,20,25,28-29,36,44-46,58-60,68-69,78,85,88,91-92H,8-9,19,21-24,26-27,30-34H2,1-7H3,(H,70,83)(H,71,84)(H,73,89)(H,79,80)(H,81,82)(H,86,87)/t36-,44+,45+,46+,58+,59-,60-,63+,64-,65-,66+,67+/m1/s1. The third-order valence-electron chi connectivity index (χ3n) is 21.1. The third-order valence-corrected chi connectivity index (χ3v) is 22.2. The Labute approximate surface area is 551 Å². The molecule has 5 aromatic rings. The van der Waals surface area contributed by atoms with Crippen LogP contribution in [0.2, 0.25) is 0 Å². The minimum absolute atomic E-state index is 0.0230. The van der Waals surface area contributed by atoms with Gasteiger partial charge in [-0.15, -0.1) is 11.8 Å². The number of anilines is 1. The topological polar surface area (TPSA) is 391 Å². The molecule has 28 heteroatoms. The van der Waals surface area contributed by atoms with E-state index in [1.807, 2.05) is 61.2 Å². The first-order valence-corrected chi connectivity index (χ1v) is 32.8. The number of benzene rings is 3. The number of nitrogens with zero attached hydrogens (tertiary/aromatic N) is 5. The smallest absolute Gasteiger partial charge is 0.327 e. The number of hydrazone groups is 1. The van der Waals surface area contributed by atoms with Gasteiger partial charge in [-0.25, -0.2) is 10.2 Å². The number of carbonyl (C=O) groups excluding carboxylic acids is 4. The van der Waals surface area contributed by atoms with Crippen molar-refractivity contribution in [2.75, 3.05) is 71.7 Å². The first kappa shape index (κ1) is 67.9. The number of carboxylic acid groups (broad SMARTS) is 3. The van der Waals surface area contributed by atoms with Gasteiger partial charge in [-0.2, -0.15) is 5.10 Å². The summed E-state index contributed by atoms with van der Waals surface area (Å²) in [7, 11) is 6.02. The molecule has 3 amide bonds. The van der Waals surface area contributed by atoms with Crippen molar-refractivity contribution < 1.29 is 83.9 Å². The molecule has 1 aliphatic carbocycles. The molecule has 6 aliphatic rings. The number of carboxylic acids is 3. The minimum Gasteiger partial charge on any atom is -0.496 e. The average molecular weight is 1330 g/mol.